The molecule has 0 aliphatic rings. The first-order valence-corrected chi connectivity index (χ1v) is 8.79. The first kappa shape index (κ1) is 18.4. The summed E-state index contributed by atoms with van der Waals surface area (Å²) >= 11 is 0. The van der Waals surface area contributed by atoms with Crippen molar-refractivity contribution < 1.29 is 14.3 Å². The van der Waals surface area contributed by atoms with Crippen LogP contribution in [0.1, 0.15) is 31.8 Å². The number of amides is 1. The summed E-state index contributed by atoms with van der Waals surface area (Å²) in [5.41, 5.74) is 3.56. The number of hydrogen-bond donors (Lipinski definition) is 1. The first-order valence-electron chi connectivity index (χ1n) is 8.79. The molecule has 0 atom stereocenters. The molecule has 0 heterocycles. The maximum Gasteiger partial charge on any atom is 0.339 e. The van der Waals surface area contributed by atoms with Crippen LogP contribution in [0.15, 0.2) is 78.9 Å². The van der Waals surface area contributed by atoms with E-state index in [1.165, 1.54) is 12.7 Å². The summed E-state index contributed by atoms with van der Waals surface area (Å²) in [6.45, 7) is 0. The molecule has 1 amide bonds. The molecular formula is C23H21NO3. The Bertz CT molecular complexity index is 935. The zero-order valence-corrected chi connectivity index (χ0v) is 15.1. The van der Waals surface area contributed by atoms with Gasteiger partial charge in [-0.25, -0.2) is 4.79 Å². The molecule has 4 heteroatoms. The van der Waals surface area contributed by atoms with Crippen LogP contribution in [0.3, 0.4) is 0 Å². The predicted octanol–water partition coefficient (Wildman–Crippen LogP) is 4.51. The Morgan fingerprint density at radius 2 is 1.41 bits per heavy atom. The summed E-state index contributed by atoms with van der Waals surface area (Å²) in [6, 6.07) is 24.5. The van der Waals surface area contributed by atoms with Crippen molar-refractivity contribution in [1.82, 2.24) is 0 Å². The van der Waals surface area contributed by atoms with Crippen LogP contribution in [-0.4, -0.2) is 19.0 Å². The molecule has 136 valence electrons. The average molecular weight is 359 g/mol. The summed E-state index contributed by atoms with van der Waals surface area (Å²) in [7, 11) is 1.32. The lowest BCUT2D eigenvalue weighted by atomic mass is 9.99. The summed E-state index contributed by atoms with van der Waals surface area (Å²) < 4.78 is 4.79. The van der Waals surface area contributed by atoms with E-state index in [2.05, 4.69) is 17.4 Å². The number of rotatable bonds is 6. The van der Waals surface area contributed by atoms with Gasteiger partial charge in [0.15, 0.2) is 0 Å². The van der Waals surface area contributed by atoms with E-state index >= 15 is 0 Å². The third-order valence-corrected chi connectivity index (χ3v) is 4.37. The molecule has 3 rings (SSSR count). The maximum absolute atomic E-state index is 12.8. The zero-order valence-electron chi connectivity index (χ0n) is 15.1. The number of esters is 1. The highest BCUT2D eigenvalue weighted by molar-refractivity contribution is 6.08. The Balaban J connectivity index is 1.79. The van der Waals surface area contributed by atoms with Crippen LogP contribution in [0.25, 0.3) is 0 Å². The highest BCUT2D eigenvalue weighted by Gasteiger charge is 2.16. The molecule has 0 aromatic heterocycles. The smallest absolute Gasteiger partial charge is 0.339 e. The minimum atomic E-state index is -0.483. The highest BCUT2D eigenvalue weighted by Crippen LogP contribution is 2.19. The first-order chi connectivity index (χ1) is 13.2. The maximum atomic E-state index is 12.8. The number of para-hydroxylation sites is 1. The zero-order chi connectivity index (χ0) is 19.1. The standard InChI is InChI=1S/C23H21NO3/c1-27-23(26)20-13-7-8-14-21(20)24-22(25)19-12-6-5-11-18(19)16-15-17-9-3-2-4-10-17/h2-14H,15-16H2,1H3,(H,24,25). The Hall–Kier alpha value is -3.40. The van der Waals surface area contributed by atoms with Gasteiger partial charge in [-0.15, -0.1) is 0 Å². The lowest BCUT2D eigenvalue weighted by molar-refractivity contribution is 0.0602. The van der Waals surface area contributed by atoms with Crippen molar-refractivity contribution in [3.05, 3.63) is 101 Å². The molecule has 1 N–H and O–H groups in total. The van der Waals surface area contributed by atoms with Crippen molar-refractivity contribution >= 4 is 17.6 Å². The number of hydrogen-bond acceptors (Lipinski definition) is 3. The molecule has 0 unspecified atom stereocenters. The van der Waals surface area contributed by atoms with Gasteiger partial charge in [0.05, 0.1) is 18.4 Å². The van der Waals surface area contributed by atoms with Crippen LogP contribution in [0.5, 0.6) is 0 Å². The van der Waals surface area contributed by atoms with Crippen LogP contribution in [0.4, 0.5) is 5.69 Å². The van der Waals surface area contributed by atoms with Crippen molar-refractivity contribution in [2.75, 3.05) is 12.4 Å². The van der Waals surface area contributed by atoms with E-state index < -0.39 is 5.97 Å². The predicted molar refractivity (Wildman–Crippen MR) is 106 cm³/mol. The molecule has 0 fully saturated rings. The van der Waals surface area contributed by atoms with Gasteiger partial charge in [-0.3, -0.25) is 4.79 Å². The fraction of sp³-hybridized carbons (Fsp3) is 0.130. The minimum absolute atomic E-state index is 0.241. The van der Waals surface area contributed by atoms with Gasteiger partial charge in [0, 0.05) is 5.56 Å². The number of ether oxygens (including phenoxy) is 1. The third kappa shape index (κ3) is 4.61. The second-order valence-electron chi connectivity index (χ2n) is 6.13. The Labute approximate surface area is 158 Å². The van der Waals surface area contributed by atoms with E-state index in [-0.39, 0.29) is 5.91 Å². The highest BCUT2D eigenvalue weighted by atomic mass is 16.5. The van der Waals surface area contributed by atoms with E-state index in [1.54, 1.807) is 30.3 Å². The van der Waals surface area contributed by atoms with Gasteiger partial charge in [-0.05, 0) is 42.2 Å². The largest absolute Gasteiger partial charge is 0.465 e. The van der Waals surface area contributed by atoms with Crippen LogP contribution >= 0.6 is 0 Å². The molecular weight excluding hydrogens is 338 g/mol. The van der Waals surface area contributed by atoms with Gasteiger partial charge in [0.1, 0.15) is 0 Å². The van der Waals surface area contributed by atoms with E-state index in [0.29, 0.717) is 16.8 Å². The van der Waals surface area contributed by atoms with Crippen LogP contribution < -0.4 is 5.32 Å². The Morgan fingerprint density at radius 1 is 0.778 bits per heavy atom. The molecule has 0 spiro atoms. The number of aryl methyl sites for hydroxylation is 2. The number of nitrogens with one attached hydrogen (secondary N) is 1. The molecule has 3 aromatic carbocycles. The Morgan fingerprint density at radius 3 is 2.15 bits per heavy atom. The topological polar surface area (TPSA) is 55.4 Å². The summed E-state index contributed by atoms with van der Waals surface area (Å²) in [4.78, 5) is 24.8. The van der Waals surface area contributed by atoms with Crippen molar-refractivity contribution in [1.29, 1.82) is 0 Å². The molecule has 0 aliphatic heterocycles. The molecule has 0 radical (unpaired) electrons. The summed E-state index contributed by atoms with van der Waals surface area (Å²) in [6.07, 6.45) is 1.61. The second-order valence-corrected chi connectivity index (χ2v) is 6.13. The SMILES string of the molecule is COC(=O)c1ccccc1NC(=O)c1ccccc1CCc1ccccc1. The van der Waals surface area contributed by atoms with E-state index in [4.69, 9.17) is 4.74 Å². The van der Waals surface area contributed by atoms with Crippen molar-refractivity contribution in [3.63, 3.8) is 0 Å². The van der Waals surface area contributed by atoms with Crippen molar-refractivity contribution in [2.24, 2.45) is 0 Å². The Kier molecular flexibility index (Phi) is 6.00. The molecule has 0 aliphatic carbocycles. The lowest BCUT2D eigenvalue weighted by Gasteiger charge is -2.12. The van der Waals surface area contributed by atoms with Crippen LogP contribution in [-0.2, 0) is 17.6 Å². The number of carbonyl (C=O) groups is 2. The number of benzene rings is 3. The molecule has 4 nitrogen and oxygen atoms in total. The van der Waals surface area contributed by atoms with Crippen LogP contribution in [0, 0.1) is 0 Å². The van der Waals surface area contributed by atoms with E-state index in [9.17, 15) is 9.59 Å². The van der Waals surface area contributed by atoms with E-state index in [1.807, 2.05) is 36.4 Å². The summed E-state index contributed by atoms with van der Waals surface area (Å²) in [5.74, 6) is -0.724. The van der Waals surface area contributed by atoms with Gasteiger partial charge in [0.2, 0.25) is 0 Å². The molecule has 3 aromatic rings. The van der Waals surface area contributed by atoms with Crippen molar-refractivity contribution in [2.45, 2.75) is 12.8 Å². The van der Waals surface area contributed by atoms with Gasteiger partial charge >= 0.3 is 5.97 Å². The van der Waals surface area contributed by atoms with Crippen molar-refractivity contribution in [3.8, 4) is 0 Å². The molecule has 27 heavy (non-hydrogen) atoms. The number of carbonyl (C=O) groups excluding carboxylic acids is 2. The van der Waals surface area contributed by atoms with Gasteiger partial charge in [-0.2, -0.15) is 0 Å². The molecule has 0 bridgehead atoms. The second kappa shape index (κ2) is 8.81. The fourth-order valence-electron chi connectivity index (χ4n) is 2.95. The lowest BCUT2D eigenvalue weighted by Crippen LogP contribution is -2.17. The molecule has 0 saturated carbocycles. The van der Waals surface area contributed by atoms with Gasteiger partial charge < -0.3 is 10.1 Å². The minimum Gasteiger partial charge on any atom is -0.465 e. The summed E-state index contributed by atoms with van der Waals surface area (Å²) in [5, 5.41) is 2.84. The monoisotopic (exact) mass is 359 g/mol. The molecule has 0 saturated heterocycles. The quantitative estimate of drug-likeness (QED) is 0.659. The van der Waals surface area contributed by atoms with Gasteiger partial charge in [-0.1, -0.05) is 60.7 Å². The average Bonchev–Trinajstić information content (AvgIpc) is 2.73. The number of anilines is 1. The number of methoxy groups -OCH3 is 1. The third-order valence-electron chi connectivity index (χ3n) is 4.37. The van der Waals surface area contributed by atoms with Gasteiger partial charge in [0.25, 0.3) is 5.91 Å². The fourth-order valence-corrected chi connectivity index (χ4v) is 2.95. The normalized spacial score (nSPS) is 10.3. The van der Waals surface area contributed by atoms with Crippen LogP contribution in [0.2, 0.25) is 0 Å². The van der Waals surface area contributed by atoms with E-state index in [0.717, 1.165) is 18.4 Å².